The first-order chi connectivity index (χ1) is 13.1. The molecule has 4 aliphatic rings. The van der Waals surface area contributed by atoms with E-state index in [4.69, 9.17) is 0 Å². The maximum atomic E-state index is 12.5. The lowest BCUT2D eigenvalue weighted by molar-refractivity contribution is -0.135. The lowest BCUT2D eigenvalue weighted by Gasteiger charge is -2.58. The number of allylic oxidation sites excluding steroid dienone is 1. The van der Waals surface area contributed by atoms with Crippen LogP contribution in [0, 0.1) is 34.5 Å². The van der Waals surface area contributed by atoms with Crippen LogP contribution in [-0.2, 0) is 0 Å². The van der Waals surface area contributed by atoms with E-state index in [-0.39, 0.29) is 11.5 Å². The molecule has 0 radical (unpaired) electrons. The third-order valence-electron chi connectivity index (χ3n) is 9.54. The Morgan fingerprint density at radius 1 is 1.04 bits per heavy atom. The SMILES string of the molecule is CC12CCC3C(CC=C4CC(O)CC[C@@]43C)C1CC[C@@H]2CCCCC(F)(F)F. The Hall–Kier alpha value is -0.510. The van der Waals surface area contributed by atoms with Gasteiger partial charge in [0.25, 0.3) is 0 Å². The third kappa shape index (κ3) is 3.56. The van der Waals surface area contributed by atoms with Crippen LogP contribution in [0.4, 0.5) is 13.2 Å². The summed E-state index contributed by atoms with van der Waals surface area (Å²) in [5.74, 6) is 2.82. The van der Waals surface area contributed by atoms with Crippen molar-refractivity contribution in [2.45, 2.75) is 103 Å². The number of aliphatic hydroxyl groups excluding tert-OH is 1. The maximum absolute atomic E-state index is 12.5. The van der Waals surface area contributed by atoms with E-state index in [1.54, 1.807) is 0 Å². The van der Waals surface area contributed by atoms with Crippen LogP contribution in [0.1, 0.15) is 90.9 Å². The second-order valence-electron chi connectivity index (χ2n) is 10.8. The van der Waals surface area contributed by atoms with E-state index < -0.39 is 12.6 Å². The molecule has 3 saturated carbocycles. The number of rotatable bonds is 4. The standard InChI is InChI=1S/C24H37F3O/c1-22-14-11-21-19(8-6-17-15-18(28)10-13-23(17,21)2)20(22)9-7-16(22)5-3-4-12-24(25,26)27/h6,16,18-21,28H,3-5,7-15H2,1-2H3/t16-,18?,19?,20?,21?,22?,23-/m0/s1. The number of hydrogen-bond acceptors (Lipinski definition) is 1. The van der Waals surface area contributed by atoms with Gasteiger partial charge in [0.05, 0.1) is 6.10 Å². The van der Waals surface area contributed by atoms with Crippen LogP contribution >= 0.6 is 0 Å². The van der Waals surface area contributed by atoms with Crippen molar-refractivity contribution in [2.24, 2.45) is 34.5 Å². The number of aliphatic hydroxyl groups is 1. The molecule has 1 N–H and O–H groups in total. The molecule has 1 nitrogen and oxygen atoms in total. The Balaban J connectivity index is 1.43. The fraction of sp³-hybridized carbons (Fsp3) is 0.917. The van der Waals surface area contributed by atoms with Crippen LogP contribution in [0.3, 0.4) is 0 Å². The van der Waals surface area contributed by atoms with Gasteiger partial charge in [-0.05, 0) is 98.7 Å². The molecular formula is C24H37F3O. The highest BCUT2D eigenvalue weighted by molar-refractivity contribution is 5.25. The fourth-order valence-electron chi connectivity index (χ4n) is 7.94. The topological polar surface area (TPSA) is 20.2 Å². The van der Waals surface area contributed by atoms with Gasteiger partial charge in [-0.2, -0.15) is 13.2 Å². The van der Waals surface area contributed by atoms with Gasteiger partial charge in [-0.1, -0.05) is 31.9 Å². The summed E-state index contributed by atoms with van der Waals surface area (Å²) in [6, 6.07) is 0. The number of fused-ring (bicyclic) bond motifs is 5. The molecule has 5 unspecified atom stereocenters. The molecule has 0 saturated heterocycles. The van der Waals surface area contributed by atoms with Crippen LogP contribution in [-0.4, -0.2) is 17.4 Å². The summed E-state index contributed by atoms with van der Waals surface area (Å²) in [5.41, 5.74) is 2.11. The molecule has 3 fully saturated rings. The summed E-state index contributed by atoms with van der Waals surface area (Å²) in [6.45, 7) is 4.91. The van der Waals surface area contributed by atoms with E-state index in [9.17, 15) is 18.3 Å². The number of unbranched alkanes of at least 4 members (excludes halogenated alkanes) is 1. The minimum absolute atomic E-state index is 0.155. The lowest BCUT2D eigenvalue weighted by Crippen LogP contribution is -2.50. The molecule has 0 spiro atoms. The predicted octanol–water partition coefficient (Wildman–Crippen LogP) is 7.05. The van der Waals surface area contributed by atoms with Gasteiger partial charge in [-0.15, -0.1) is 0 Å². The first-order valence-corrected chi connectivity index (χ1v) is 11.6. The molecule has 0 aromatic rings. The zero-order chi connectivity index (χ0) is 20.2. The summed E-state index contributed by atoms with van der Waals surface area (Å²) >= 11 is 0. The summed E-state index contributed by atoms with van der Waals surface area (Å²) in [4.78, 5) is 0. The molecule has 0 heterocycles. The average Bonchev–Trinajstić information content (AvgIpc) is 2.95. The van der Waals surface area contributed by atoms with Gasteiger partial charge in [0.2, 0.25) is 0 Å². The second-order valence-corrected chi connectivity index (χ2v) is 10.8. The van der Waals surface area contributed by atoms with Crippen molar-refractivity contribution in [1.82, 2.24) is 0 Å². The van der Waals surface area contributed by atoms with E-state index in [0.717, 1.165) is 56.3 Å². The molecule has 4 rings (SSSR count). The van der Waals surface area contributed by atoms with Gasteiger partial charge in [-0.3, -0.25) is 0 Å². The largest absolute Gasteiger partial charge is 0.393 e. The lowest BCUT2D eigenvalue weighted by atomic mass is 9.47. The first kappa shape index (κ1) is 20.8. The summed E-state index contributed by atoms with van der Waals surface area (Å²) in [7, 11) is 0. The van der Waals surface area contributed by atoms with Gasteiger partial charge in [-0.25, -0.2) is 0 Å². The molecule has 0 aliphatic heterocycles. The fourth-order valence-corrected chi connectivity index (χ4v) is 7.94. The molecule has 160 valence electrons. The molecule has 0 aromatic carbocycles. The third-order valence-corrected chi connectivity index (χ3v) is 9.54. The monoisotopic (exact) mass is 398 g/mol. The summed E-state index contributed by atoms with van der Waals surface area (Å²) in [6.07, 6.45) is 8.73. The molecule has 4 heteroatoms. The van der Waals surface area contributed by atoms with E-state index in [1.807, 2.05) is 0 Å². The predicted molar refractivity (Wildman–Crippen MR) is 106 cm³/mol. The molecule has 0 aromatic heterocycles. The second kappa shape index (κ2) is 7.32. The molecule has 28 heavy (non-hydrogen) atoms. The smallest absolute Gasteiger partial charge is 0.389 e. The normalized spacial score (nSPS) is 45.8. The molecule has 0 bridgehead atoms. The Morgan fingerprint density at radius 3 is 2.57 bits per heavy atom. The zero-order valence-corrected chi connectivity index (χ0v) is 17.5. The summed E-state index contributed by atoms with van der Waals surface area (Å²) in [5, 5.41) is 10.1. The quantitative estimate of drug-likeness (QED) is 0.397. The van der Waals surface area contributed by atoms with Crippen molar-refractivity contribution in [3.8, 4) is 0 Å². The maximum Gasteiger partial charge on any atom is 0.389 e. The van der Waals surface area contributed by atoms with E-state index >= 15 is 0 Å². The number of alkyl halides is 3. The van der Waals surface area contributed by atoms with Gasteiger partial charge in [0.1, 0.15) is 0 Å². The van der Waals surface area contributed by atoms with Crippen LogP contribution in [0.5, 0.6) is 0 Å². The Kier molecular flexibility index (Phi) is 5.42. The van der Waals surface area contributed by atoms with Gasteiger partial charge in [0, 0.05) is 6.42 Å². The molecule has 0 amide bonds. The van der Waals surface area contributed by atoms with E-state index in [1.165, 1.54) is 31.3 Å². The minimum Gasteiger partial charge on any atom is -0.393 e. The first-order valence-electron chi connectivity index (χ1n) is 11.6. The zero-order valence-electron chi connectivity index (χ0n) is 17.5. The van der Waals surface area contributed by atoms with Crippen molar-refractivity contribution in [3.63, 3.8) is 0 Å². The number of halogens is 3. The van der Waals surface area contributed by atoms with Crippen LogP contribution in [0.25, 0.3) is 0 Å². The van der Waals surface area contributed by atoms with E-state index in [2.05, 4.69) is 19.9 Å². The molecule has 7 atom stereocenters. The van der Waals surface area contributed by atoms with Crippen molar-refractivity contribution in [1.29, 1.82) is 0 Å². The van der Waals surface area contributed by atoms with Crippen molar-refractivity contribution in [2.75, 3.05) is 0 Å². The van der Waals surface area contributed by atoms with Gasteiger partial charge < -0.3 is 5.11 Å². The number of hydrogen-bond donors (Lipinski definition) is 1. The van der Waals surface area contributed by atoms with Crippen molar-refractivity contribution in [3.05, 3.63) is 11.6 Å². The van der Waals surface area contributed by atoms with Gasteiger partial charge in [0.15, 0.2) is 0 Å². The highest BCUT2D eigenvalue weighted by atomic mass is 19.4. The van der Waals surface area contributed by atoms with Crippen molar-refractivity contribution >= 4 is 0 Å². The van der Waals surface area contributed by atoms with Crippen LogP contribution in [0.2, 0.25) is 0 Å². The highest BCUT2D eigenvalue weighted by Crippen LogP contribution is 2.66. The minimum atomic E-state index is -4.00. The van der Waals surface area contributed by atoms with Gasteiger partial charge >= 0.3 is 6.18 Å². The Labute approximate surface area is 168 Å². The average molecular weight is 399 g/mol. The van der Waals surface area contributed by atoms with Crippen LogP contribution < -0.4 is 0 Å². The molecule has 4 aliphatic carbocycles. The summed E-state index contributed by atoms with van der Waals surface area (Å²) < 4.78 is 37.4. The highest BCUT2D eigenvalue weighted by Gasteiger charge is 2.58. The van der Waals surface area contributed by atoms with Crippen molar-refractivity contribution < 1.29 is 18.3 Å². The Morgan fingerprint density at radius 2 is 1.82 bits per heavy atom. The van der Waals surface area contributed by atoms with E-state index in [0.29, 0.717) is 17.8 Å². The Bertz CT molecular complexity index is 611. The van der Waals surface area contributed by atoms with Crippen LogP contribution in [0.15, 0.2) is 11.6 Å². The molecular weight excluding hydrogens is 361 g/mol.